The summed E-state index contributed by atoms with van der Waals surface area (Å²) in [6.07, 6.45) is 2.65. The van der Waals surface area contributed by atoms with Gasteiger partial charge in [0.25, 0.3) is 11.8 Å². The molecule has 0 unspecified atom stereocenters. The van der Waals surface area contributed by atoms with Gasteiger partial charge in [0.05, 0.1) is 12.7 Å². The molecule has 2 aromatic carbocycles. The van der Waals surface area contributed by atoms with Gasteiger partial charge in [0.2, 0.25) is 0 Å². The van der Waals surface area contributed by atoms with Crippen LogP contribution >= 0.6 is 0 Å². The second-order valence-electron chi connectivity index (χ2n) is 5.53. The minimum Gasteiger partial charge on any atom is -0.496 e. The molecule has 2 rings (SSSR count). The van der Waals surface area contributed by atoms with E-state index in [4.69, 9.17) is 19.5 Å². The van der Waals surface area contributed by atoms with Crippen LogP contribution in [0.2, 0.25) is 0 Å². The van der Waals surface area contributed by atoms with Crippen molar-refractivity contribution in [3.05, 3.63) is 65.7 Å². The fraction of sp³-hybridized carbons (Fsp3) is 0.143. The van der Waals surface area contributed by atoms with Crippen LogP contribution in [0.15, 0.2) is 54.6 Å². The number of methoxy groups -OCH3 is 1. The van der Waals surface area contributed by atoms with Crippen LogP contribution in [0.1, 0.15) is 15.9 Å². The molecule has 0 saturated heterocycles. The highest BCUT2D eigenvalue weighted by molar-refractivity contribution is 6.06. The molecule has 8 nitrogen and oxygen atoms in total. The Morgan fingerprint density at radius 3 is 2.52 bits per heavy atom. The maximum absolute atomic E-state index is 12.1. The van der Waals surface area contributed by atoms with Crippen LogP contribution in [0.5, 0.6) is 11.5 Å². The number of imide groups is 1. The number of ether oxygens (including phenoxy) is 3. The van der Waals surface area contributed by atoms with Gasteiger partial charge in [0, 0.05) is 6.08 Å². The highest BCUT2D eigenvalue weighted by Crippen LogP contribution is 2.16. The third-order valence-corrected chi connectivity index (χ3v) is 3.55. The van der Waals surface area contributed by atoms with Gasteiger partial charge in [-0.3, -0.25) is 14.9 Å². The number of amides is 2. The number of benzene rings is 2. The number of carbonyl (C=O) groups excluding carboxylic acids is 3. The highest BCUT2D eigenvalue weighted by Gasteiger charge is 2.15. The van der Waals surface area contributed by atoms with E-state index in [0.717, 1.165) is 6.08 Å². The zero-order valence-electron chi connectivity index (χ0n) is 15.6. The van der Waals surface area contributed by atoms with E-state index in [2.05, 4.69) is 5.32 Å². The first kappa shape index (κ1) is 21.2. The smallest absolute Gasteiger partial charge is 0.331 e. The molecule has 0 aliphatic heterocycles. The molecule has 1 N–H and O–H groups in total. The molecule has 0 aliphatic carbocycles. The predicted molar refractivity (Wildman–Crippen MR) is 103 cm³/mol. The third-order valence-electron chi connectivity index (χ3n) is 3.55. The van der Waals surface area contributed by atoms with Crippen LogP contribution in [-0.4, -0.2) is 38.1 Å². The van der Waals surface area contributed by atoms with Gasteiger partial charge in [-0.1, -0.05) is 24.3 Å². The van der Waals surface area contributed by atoms with Gasteiger partial charge < -0.3 is 14.2 Å². The van der Waals surface area contributed by atoms with E-state index in [9.17, 15) is 14.4 Å². The Balaban J connectivity index is 1.81. The number of esters is 1. The average molecular weight is 394 g/mol. The number of carbonyl (C=O) groups is 3. The number of nitrogens with one attached hydrogen (secondary N) is 1. The molecule has 0 saturated carbocycles. The van der Waals surface area contributed by atoms with Crippen molar-refractivity contribution in [2.24, 2.45) is 0 Å². The second-order valence-corrected chi connectivity index (χ2v) is 5.53. The zero-order chi connectivity index (χ0) is 21.1. The predicted octanol–water partition coefficient (Wildman–Crippen LogP) is 2.11. The topological polar surface area (TPSA) is 115 Å². The Labute approximate surface area is 167 Å². The van der Waals surface area contributed by atoms with Gasteiger partial charge in [0.15, 0.2) is 13.2 Å². The first-order chi connectivity index (χ1) is 14.0. The Bertz CT molecular complexity index is 944. The van der Waals surface area contributed by atoms with Crippen molar-refractivity contribution in [1.29, 1.82) is 5.26 Å². The van der Waals surface area contributed by atoms with Gasteiger partial charge >= 0.3 is 5.97 Å². The van der Waals surface area contributed by atoms with Gasteiger partial charge in [0.1, 0.15) is 17.6 Å². The third kappa shape index (κ3) is 6.84. The summed E-state index contributed by atoms with van der Waals surface area (Å²) in [7, 11) is 1.41. The first-order valence-corrected chi connectivity index (χ1v) is 8.45. The molecular weight excluding hydrogens is 376 g/mol. The zero-order valence-corrected chi connectivity index (χ0v) is 15.6. The molecule has 2 aromatic rings. The molecule has 29 heavy (non-hydrogen) atoms. The largest absolute Gasteiger partial charge is 0.496 e. The molecule has 2 amide bonds. The molecule has 0 aliphatic rings. The van der Waals surface area contributed by atoms with E-state index >= 15 is 0 Å². The molecule has 8 heteroatoms. The van der Waals surface area contributed by atoms with Gasteiger partial charge in [-0.05, 0) is 35.9 Å². The summed E-state index contributed by atoms with van der Waals surface area (Å²) in [6.45, 7) is -0.659. The van der Waals surface area contributed by atoms with Crippen molar-refractivity contribution in [3.8, 4) is 17.6 Å². The summed E-state index contributed by atoms with van der Waals surface area (Å²) in [5, 5.41) is 10.6. The number of para-hydroxylation sites is 1. The summed E-state index contributed by atoms with van der Waals surface area (Å²) in [6, 6.07) is 15.0. The molecule has 0 bridgehead atoms. The maximum atomic E-state index is 12.1. The molecule has 0 atom stereocenters. The summed E-state index contributed by atoms with van der Waals surface area (Å²) < 4.78 is 15.0. The molecule has 0 aromatic heterocycles. The van der Waals surface area contributed by atoms with E-state index in [1.165, 1.54) is 19.3 Å². The van der Waals surface area contributed by atoms with Gasteiger partial charge in [-0.25, -0.2) is 4.79 Å². The van der Waals surface area contributed by atoms with Crippen molar-refractivity contribution >= 4 is 23.9 Å². The van der Waals surface area contributed by atoms with Crippen LogP contribution in [0.4, 0.5) is 0 Å². The van der Waals surface area contributed by atoms with Crippen LogP contribution < -0.4 is 14.8 Å². The van der Waals surface area contributed by atoms with Crippen molar-refractivity contribution in [2.45, 2.75) is 0 Å². The average Bonchev–Trinajstić information content (AvgIpc) is 2.75. The Morgan fingerprint density at radius 1 is 1.10 bits per heavy atom. The lowest BCUT2D eigenvalue weighted by Crippen LogP contribution is -2.34. The first-order valence-electron chi connectivity index (χ1n) is 8.45. The quantitative estimate of drug-likeness (QED) is 0.539. The number of hydrogen-bond acceptors (Lipinski definition) is 7. The molecule has 148 valence electrons. The van der Waals surface area contributed by atoms with Crippen molar-refractivity contribution < 1.29 is 28.6 Å². The molecular formula is C21H18N2O6. The van der Waals surface area contributed by atoms with E-state index in [1.54, 1.807) is 42.5 Å². The van der Waals surface area contributed by atoms with E-state index < -0.39 is 24.4 Å². The SMILES string of the molecule is COc1ccccc1C(=O)NC(=O)COC(=O)/C=C/c1ccc(OCC#N)cc1. The number of nitriles is 1. The lowest BCUT2D eigenvalue weighted by atomic mass is 10.2. The van der Waals surface area contributed by atoms with Gasteiger partial charge in [-0.15, -0.1) is 0 Å². The van der Waals surface area contributed by atoms with E-state index in [0.29, 0.717) is 17.1 Å². The monoisotopic (exact) mass is 394 g/mol. The van der Waals surface area contributed by atoms with Crippen LogP contribution in [0.25, 0.3) is 6.08 Å². The number of rotatable bonds is 8. The minimum absolute atomic E-state index is 0.0524. The Morgan fingerprint density at radius 2 is 1.83 bits per heavy atom. The van der Waals surface area contributed by atoms with Gasteiger partial charge in [-0.2, -0.15) is 5.26 Å². The summed E-state index contributed by atoms with van der Waals surface area (Å²) in [5.74, 6) is -1.31. The summed E-state index contributed by atoms with van der Waals surface area (Å²) in [5.41, 5.74) is 0.888. The van der Waals surface area contributed by atoms with Crippen molar-refractivity contribution in [2.75, 3.05) is 20.3 Å². The molecule has 0 spiro atoms. The normalized spacial score (nSPS) is 10.1. The van der Waals surface area contributed by atoms with Crippen molar-refractivity contribution in [1.82, 2.24) is 5.32 Å². The van der Waals surface area contributed by atoms with E-state index in [1.807, 2.05) is 6.07 Å². The number of nitrogens with zero attached hydrogens (tertiary/aromatic N) is 1. The molecule has 0 fully saturated rings. The van der Waals surface area contributed by atoms with E-state index in [-0.39, 0.29) is 12.2 Å². The number of hydrogen-bond donors (Lipinski definition) is 1. The highest BCUT2D eigenvalue weighted by atomic mass is 16.5. The molecule has 0 radical (unpaired) electrons. The summed E-state index contributed by atoms with van der Waals surface area (Å²) >= 11 is 0. The van der Waals surface area contributed by atoms with Crippen molar-refractivity contribution in [3.63, 3.8) is 0 Å². The second kappa shape index (κ2) is 10.9. The maximum Gasteiger partial charge on any atom is 0.331 e. The Kier molecular flexibility index (Phi) is 7.96. The fourth-order valence-corrected chi connectivity index (χ4v) is 2.20. The minimum atomic E-state index is -0.762. The lowest BCUT2D eigenvalue weighted by Gasteiger charge is -2.08. The summed E-state index contributed by atoms with van der Waals surface area (Å²) in [4.78, 5) is 35.6. The fourth-order valence-electron chi connectivity index (χ4n) is 2.20. The van der Waals surface area contributed by atoms with Crippen LogP contribution in [0, 0.1) is 11.3 Å². The van der Waals surface area contributed by atoms with Crippen LogP contribution in [-0.2, 0) is 14.3 Å². The standard InChI is InChI=1S/C21H18N2O6/c1-27-18-5-3-2-4-17(18)21(26)23-19(24)14-29-20(25)11-8-15-6-9-16(10-7-15)28-13-12-22/h2-11H,13-14H2,1H3,(H,23,24,26)/b11-8+. The molecule has 0 heterocycles. The Hall–Kier alpha value is -4.12. The lowest BCUT2D eigenvalue weighted by molar-refractivity contribution is -0.143. The van der Waals surface area contributed by atoms with Crippen LogP contribution in [0.3, 0.4) is 0 Å².